The summed E-state index contributed by atoms with van der Waals surface area (Å²) in [7, 11) is 1.61. The van der Waals surface area contributed by atoms with E-state index < -0.39 is 0 Å². The van der Waals surface area contributed by atoms with E-state index in [1.807, 2.05) is 36.6 Å². The van der Waals surface area contributed by atoms with Gasteiger partial charge in [-0.1, -0.05) is 18.2 Å². The third-order valence-electron chi connectivity index (χ3n) is 3.17. The molecule has 0 atom stereocenters. The van der Waals surface area contributed by atoms with Gasteiger partial charge >= 0.3 is 0 Å². The summed E-state index contributed by atoms with van der Waals surface area (Å²) in [5.74, 6) is 0.600. The van der Waals surface area contributed by atoms with Crippen LogP contribution in [0.15, 0.2) is 30.6 Å². The van der Waals surface area contributed by atoms with E-state index in [1.165, 1.54) is 0 Å². The fraction of sp³-hybridized carbons (Fsp3) is 0.400. The third-order valence-corrected chi connectivity index (χ3v) is 3.17. The molecule has 0 aliphatic carbocycles. The molecule has 21 heavy (non-hydrogen) atoms. The van der Waals surface area contributed by atoms with E-state index in [1.54, 1.807) is 19.5 Å². The zero-order chi connectivity index (χ0) is 15.2. The summed E-state index contributed by atoms with van der Waals surface area (Å²) in [6.45, 7) is 4.84. The molecule has 1 aromatic carbocycles. The number of benzene rings is 1. The number of rotatable bonds is 6. The Morgan fingerprint density at radius 2 is 2.14 bits per heavy atom. The zero-order valence-electron chi connectivity index (χ0n) is 12.5. The molecule has 0 aliphatic heterocycles. The average Bonchev–Trinajstić information content (AvgIpc) is 2.94. The van der Waals surface area contributed by atoms with Gasteiger partial charge in [0.1, 0.15) is 6.33 Å². The van der Waals surface area contributed by atoms with Crippen LogP contribution in [0.1, 0.15) is 41.6 Å². The highest BCUT2D eigenvalue weighted by Gasteiger charge is 2.13. The van der Waals surface area contributed by atoms with Crippen LogP contribution < -0.4 is 5.32 Å². The molecule has 0 bridgehead atoms. The largest absolute Gasteiger partial charge is 0.380 e. The van der Waals surface area contributed by atoms with Gasteiger partial charge in [0.25, 0.3) is 5.91 Å². The molecule has 1 N–H and O–H groups in total. The monoisotopic (exact) mass is 288 g/mol. The molecule has 0 fully saturated rings. The van der Waals surface area contributed by atoms with E-state index in [2.05, 4.69) is 15.5 Å². The van der Waals surface area contributed by atoms with Crippen molar-refractivity contribution >= 4 is 5.91 Å². The summed E-state index contributed by atoms with van der Waals surface area (Å²) >= 11 is 0. The van der Waals surface area contributed by atoms with E-state index in [0.717, 1.165) is 11.4 Å². The average molecular weight is 288 g/mol. The van der Waals surface area contributed by atoms with Gasteiger partial charge in [-0.3, -0.25) is 4.79 Å². The number of carbonyl (C=O) groups is 1. The van der Waals surface area contributed by atoms with Crippen molar-refractivity contribution in [1.29, 1.82) is 0 Å². The lowest BCUT2D eigenvalue weighted by Crippen LogP contribution is -2.26. The van der Waals surface area contributed by atoms with Crippen molar-refractivity contribution in [3.8, 4) is 0 Å². The Morgan fingerprint density at radius 1 is 1.38 bits per heavy atom. The van der Waals surface area contributed by atoms with Gasteiger partial charge in [-0.2, -0.15) is 0 Å². The lowest BCUT2D eigenvalue weighted by atomic mass is 10.1. The lowest BCUT2D eigenvalue weighted by molar-refractivity contribution is 0.0944. The summed E-state index contributed by atoms with van der Waals surface area (Å²) in [4.78, 5) is 12.3. The summed E-state index contributed by atoms with van der Waals surface area (Å²) < 4.78 is 7.05. The first kappa shape index (κ1) is 15.2. The number of methoxy groups -OCH3 is 1. The fourth-order valence-electron chi connectivity index (χ4n) is 2.10. The molecule has 2 rings (SSSR count). The van der Waals surface area contributed by atoms with Crippen LogP contribution in [-0.2, 0) is 17.9 Å². The number of aromatic nitrogens is 3. The highest BCUT2D eigenvalue weighted by Crippen LogP contribution is 2.11. The van der Waals surface area contributed by atoms with Gasteiger partial charge in [0.2, 0.25) is 0 Å². The summed E-state index contributed by atoms with van der Waals surface area (Å²) in [5.41, 5.74) is 1.48. The van der Waals surface area contributed by atoms with Gasteiger partial charge in [0, 0.05) is 18.7 Å². The van der Waals surface area contributed by atoms with Crippen LogP contribution in [0.5, 0.6) is 0 Å². The number of nitrogens with zero attached hydrogens (tertiary/aromatic N) is 3. The quantitative estimate of drug-likeness (QED) is 0.882. The normalized spacial score (nSPS) is 10.9. The Bertz CT molecular complexity index is 607. The second-order valence-corrected chi connectivity index (χ2v) is 5.02. The summed E-state index contributed by atoms with van der Waals surface area (Å²) in [5, 5.41) is 10.8. The summed E-state index contributed by atoms with van der Waals surface area (Å²) in [6, 6.07) is 7.66. The van der Waals surface area contributed by atoms with Crippen LogP contribution in [0.3, 0.4) is 0 Å². The molecule has 1 amide bonds. The molecule has 1 heterocycles. The minimum atomic E-state index is -0.138. The number of hydrogen-bond acceptors (Lipinski definition) is 4. The van der Waals surface area contributed by atoms with Gasteiger partial charge < -0.3 is 14.6 Å². The molecule has 2 aromatic rings. The molecule has 6 heteroatoms. The van der Waals surface area contributed by atoms with Crippen LogP contribution in [0.4, 0.5) is 0 Å². The zero-order valence-corrected chi connectivity index (χ0v) is 12.5. The van der Waals surface area contributed by atoms with Crippen molar-refractivity contribution in [1.82, 2.24) is 20.1 Å². The van der Waals surface area contributed by atoms with Crippen LogP contribution in [0.25, 0.3) is 0 Å². The van der Waals surface area contributed by atoms with E-state index >= 15 is 0 Å². The Labute approximate surface area is 124 Å². The molecular formula is C15H20N4O2. The molecule has 0 aliphatic rings. The molecule has 112 valence electrons. The molecule has 0 saturated carbocycles. The van der Waals surface area contributed by atoms with E-state index in [9.17, 15) is 4.79 Å². The van der Waals surface area contributed by atoms with Gasteiger partial charge in [0.15, 0.2) is 5.82 Å². The van der Waals surface area contributed by atoms with Crippen molar-refractivity contribution in [2.45, 2.75) is 33.0 Å². The van der Waals surface area contributed by atoms with Gasteiger partial charge in [-0.05, 0) is 25.5 Å². The SMILES string of the molecule is COCc1ccccc1C(=O)NCc1nncn1C(C)C. The molecule has 0 unspecified atom stereocenters. The summed E-state index contributed by atoms with van der Waals surface area (Å²) in [6.07, 6.45) is 1.67. The maximum absolute atomic E-state index is 12.3. The predicted molar refractivity (Wildman–Crippen MR) is 78.7 cm³/mol. The lowest BCUT2D eigenvalue weighted by Gasteiger charge is -2.12. The number of ether oxygens (including phenoxy) is 1. The van der Waals surface area contributed by atoms with Crippen molar-refractivity contribution in [2.75, 3.05) is 7.11 Å². The Morgan fingerprint density at radius 3 is 2.86 bits per heavy atom. The minimum Gasteiger partial charge on any atom is -0.380 e. The number of nitrogens with one attached hydrogen (secondary N) is 1. The number of hydrogen-bond donors (Lipinski definition) is 1. The second kappa shape index (κ2) is 6.99. The van der Waals surface area contributed by atoms with E-state index in [0.29, 0.717) is 18.7 Å². The smallest absolute Gasteiger partial charge is 0.252 e. The number of carbonyl (C=O) groups excluding carboxylic acids is 1. The molecular weight excluding hydrogens is 268 g/mol. The van der Waals surface area contributed by atoms with Crippen molar-refractivity contribution in [2.24, 2.45) is 0 Å². The first-order chi connectivity index (χ1) is 10.1. The highest BCUT2D eigenvalue weighted by molar-refractivity contribution is 5.95. The predicted octanol–water partition coefficient (Wildman–Crippen LogP) is 1.94. The van der Waals surface area contributed by atoms with Crippen molar-refractivity contribution in [3.63, 3.8) is 0 Å². The van der Waals surface area contributed by atoms with E-state index in [-0.39, 0.29) is 11.9 Å². The van der Waals surface area contributed by atoms with Crippen LogP contribution in [-0.4, -0.2) is 27.8 Å². The van der Waals surface area contributed by atoms with Gasteiger partial charge in [0.05, 0.1) is 13.2 Å². The maximum Gasteiger partial charge on any atom is 0.252 e. The van der Waals surface area contributed by atoms with Gasteiger partial charge in [-0.25, -0.2) is 0 Å². The topological polar surface area (TPSA) is 69.0 Å². The highest BCUT2D eigenvalue weighted by atomic mass is 16.5. The Kier molecular flexibility index (Phi) is 5.05. The minimum absolute atomic E-state index is 0.138. The van der Waals surface area contributed by atoms with Gasteiger partial charge in [-0.15, -0.1) is 10.2 Å². The first-order valence-electron chi connectivity index (χ1n) is 6.87. The Hall–Kier alpha value is -2.21. The second-order valence-electron chi connectivity index (χ2n) is 5.02. The fourth-order valence-corrected chi connectivity index (χ4v) is 2.10. The third kappa shape index (κ3) is 3.66. The van der Waals surface area contributed by atoms with Crippen LogP contribution >= 0.6 is 0 Å². The standard InChI is InChI=1S/C15H20N4O2/c1-11(2)19-10-17-18-14(19)8-16-15(20)13-7-5-4-6-12(13)9-21-3/h4-7,10-11H,8-9H2,1-3H3,(H,16,20). The van der Waals surface area contributed by atoms with Crippen LogP contribution in [0.2, 0.25) is 0 Å². The molecule has 0 saturated heterocycles. The van der Waals surface area contributed by atoms with Crippen molar-refractivity contribution < 1.29 is 9.53 Å². The molecule has 0 radical (unpaired) electrons. The molecule has 6 nitrogen and oxygen atoms in total. The first-order valence-corrected chi connectivity index (χ1v) is 6.87. The number of amides is 1. The van der Waals surface area contributed by atoms with Crippen molar-refractivity contribution in [3.05, 3.63) is 47.5 Å². The molecule has 0 spiro atoms. The van der Waals surface area contributed by atoms with E-state index in [4.69, 9.17) is 4.74 Å². The Balaban J connectivity index is 2.07. The molecule has 1 aromatic heterocycles. The maximum atomic E-state index is 12.3. The van der Waals surface area contributed by atoms with Crippen LogP contribution in [0, 0.1) is 0 Å².